The number of hydrogen-bond donors (Lipinski definition) is 0. The Morgan fingerprint density at radius 3 is 2.81 bits per heavy atom. The predicted molar refractivity (Wildman–Crippen MR) is 106 cm³/mol. The highest BCUT2D eigenvalue weighted by molar-refractivity contribution is 7.18. The molecule has 1 amide bonds. The lowest BCUT2D eigenvalue weighted by atomic mass is 10.1. The van der Waals surface area contributed by atoms with Crippen LogP contribution < -0.4 is 4.90 Å². The molecule has 1 aliphatic heterocycles. The second kappa shape index (κ2) is 7.03. The molecule has 5 nitrogen and oxygen atoms in total. The van der Waals surface area contributed by atoms with E-state index in [9.17, 15) is 4.79 Å². The van der Waals surface area contributed by atoms with Crippen molar-refractivity contribution < 1.29 is 4.79 Å². The first-order valence-corrected chi connectivity index (χ1v) is 9.75. The Morgan fingerprint density at radius 2 is 1.96 bits per heavy atom. The van der Waals surface area contributed by atoms with Crippen LogP contribution in [0.1, 0.15) is 27.2 Å². The minimum atomic E-state index is 0.120. The van der Waals surface area contributed by atoms with Crippen LogP contribution in [0.5, 0.6) is 0 Å². The van der Waals surface area contributed by atoms with Crippen molar-refractivity contribution in [2.75, 3.05) is 31.1 Å². The van der Waals surface area contributed by atoms with E-state index in [-0.39, 0.29) is 5.91 Å². The summed E-state index contributed by atoms with van der Waals surface area (Å²) in [5, 5.41) is 1.12. The number of carbonyl (C=O) groups excluding carboxylic acids is 1. The van der Waals surface area contributed by atoms with Crippen LogP contribution >= 0.6 is 11.3 Å². The van der Waals surface area contributed by atoms with E-state index in [4.69, 9.17) is 0 Å². The number of nitrogens with zero attached hydrogens (tertiary/aromatic N) is 4. The van der Waals surface area contributed by atoms with E-state index in [1.807, 2.05) is 36.1 Å². The quantitative estimate of drug-likeness (QED) is 0.694. The Bertz CT molecular complexity index is 952. The van der Waals surface area contributed by atoms with Gasteiger partial charge in [0.15, 0.2) is 0 Å². The number of carbonyl (C=O) groups is 1. The summed E-state index contributed by atoms with van der Waals surface area (Å²) in [7, 11) is 0. The number of aromatic nitrogens is 2. The van der Waals surface area contributed by atoms with Gasteiger partial charge in [0.2, 0.25) is 0 Å². The predicted octanol–water partition coefficient (Wildman–Crippen LogP) is 3.66. The average Bonchev–Trinajstić information content (AvgIpc) is 2.86. The number of hydrogen-bond acceptors (Lipinski definition) is 5. The Hall–Kier alpha value is -2.47. The SMILES string of the molecule is Cc1cccc(C(=O)N2CCCN(c3ncnc4sc(C)cc34)CC2)c1. The minimum Gasteiger partial charge on any atom is -0.354 e. The number of benzene rings is 1. The summed E-state index contributed by atoms with van der Waals surface area (Å²) in [4.78, 5) is 28.3. The van der Waals surface area contributed by atoms with Crippen molar-refractivity contribution in [3.05, 3.63) is 52.7 Å². The molecule has 0 bridgehead atoms. The Balaban J connectivity index is 1.54. The van der Waals surface area contributed by atoms with Crippen molar-refractivity contribution in [1.29, 1.82) is 0 Å². The number of amides is 1. The first kappa shape index (κ1) is 17.0. The van der Waals surface area contributed by atoms with Gasteiger partial charge in [0, 0.05) is 36.6 Å². The van der Waals surface area contributed by atoms with Crippen molar-refractivity contribution >= 4 is 33.3 Å². The summed E-state index contributed by atoms with van der Waals surface area (Å²) in [6, 6.07) is 10.00. The average molecular weight is 366 g/mol. The summed E-state index contributed by atoms with van der Waals surface area (Å²) in [5.74, 6) is 1.11. The number of anilines is 1. The molecular weight excluding hydrogens is 344 g/mol. The molecule has 2 aromatic heterocycles. The van der Waals surface area contributed by atoms with E-state index in [1.165, 1.54) is 4.88 Å². The smallest absolute Gasteiger partial charge is 0.253 e. The number of rotatable bonds is 2. The van der Waals surface area contributed by atoms with E-state index in [2.05, 4.69) is 27.9 Å². The van der Waals surface area contributed by atoms with Crippen molar-refractivity contribution in [2.24, 2.45) is 0 Å². The van der Waals surface area contributed by atoms with Gasteiger partial charge in [-0.15, -0.1) is 11.3 Å². The van der Waals surface area contributed by atoms with Gasteiger partial charge in [-0.1, -0.05) is 17.7 Å². The lowest BCUT2D eigenvalue weighted by Crippen LogP contribution is -2.35. The standard InChI is InChI=1S/C20H22N4OS/c1-14-5-3-6-16(11-14)20(25)24-8-4-7-23(9-10-24)18-17-12-15(2)26-19(17)22-13-21-18/h3,5-6,11-13H,4,7-10H2,1-2H3. The molecule has 0 saturated carbocycles. The highest BCUT2D eigenvalue weighted by Crippen LogP contribution is 2.30. The van der Waals surface area contributed by atoms with Crippen LogP contribution in [0.25, 0.3) is 10.2 Å². The summed E-state index contributed by atoms with van der Waals surface area (Å²) in [5.41, 5.74) is 1.89. The normalized spacial score (nSPS) is 15.3. The van der Waals surface area contributed by atoms with Crippen molar-refractivity contribution in [1.82, 2.24) is 14.9 Å². The zero-order valence-corrected chi connectivity index (χ0v) is 15.9. The van der Waals surface area contributed by atoms with Gasteiger partial charge in [0.1, 0.15) is 17.0 Å². The van der Waals surface area contributed by atoms with Crippen LogP contribution in [-0.4, -0.2) is 47.0 Å². The first-order valence-electron chi connectivity index (χ1n) is 8.94. The monoisotopic (exact) mass is 366 g/mol. The lowest BCUT2D eigenvalue weighted by molar-refractivity contribution is 0.0767. The van der Waals surface area contributed by atoms with Gasteiger partial charge in [0.05, 0.1) is 5.39 Å². The minimum absolute atomic E-state index is 0.120. The van der Waals surface area contributed by atoms with Gasteiger partial charge in [-0.05, 0) is 38.5 Å². The molecule has 0 spiro atoms. The number of thiophene rings is 1. The molecule has 4 rings (SSSR count). The Labute approximate surface area is 157 Å². The molecule has 1 fully saturated rings. The summed E-state index contributed by atoms with van der Waals surface area (Å²) >= 11 is 1.70. The molecule has 1 aliphatic rings. The van der Waals surface area contributed by atoms with Crippen LogP contribution in [0.15, 0.2) is 36.7 Å². The molecule has 3 heterocycles. The largest absolute Gasteiger partial charge is 0.354 e. The zero-order valence-electron chi connectivity index (χ0n) is 15.1. The van der Waals surface area contributed by atoms with E-state index in [1.54, 1.807) is 17.7 Å². The van der Waals surface area contributed by atoms with E-state index < -0.39 is 0 Å². The molecule has 26 heavy (non-hydrogen) atoms. The Kier molecular flexibility index (Phi) is 4.59. The molecule has 0 atom stereocenters. The fraction of sp³-hybridized carbons (Fsp3) is 0.350. The molecule has 3 aromatic rings. The van der Waals surface area contributed by atoms with Gasteiger partial charge >= 0.3 is 0 Å². The fourth-order valence-corrected chi connectivity index (χ4v) is 4.35. The molecule has 6 heteroatoms. The van der Waals surface area contributed by atoms with Crippen LogP contribution in [0.4, 0.5) is 5.82 Å². The van der Waals surface area contributed by atoms with E-state index >= 15 is 0 Å². The lowest BCUT2D eigenvalue weighted by Gasteiger charge is -2.23. The Morgan fingerprint density at radius 1 is 1.08 bits per heavy atom. The van der Waals surface area contributed by atoms with Crippen molar-refractivity contribution in [3.8, 4) is 0 Å². The van der Waals surface area contributed by atoms with Crippen molar-refractivity contribution in [2.45, 2.75) is 20.3 Å². The molecule has 0 N–H and O–H groups in total. The van der Waals surface area contributed by atoms with Gasteiger partial charge in [-0.3, -0.25) is 4.79 Å². The second-order valence-corrected chi connectivity index (χ2v) is 8.01. The highest BCUT2D eigenvalue weighted by Gasteiger charge is 2.22. The van der Waals surface area contributed by atoms with Gasteiger partial charge < -0.3 is 9.80 Å². The second-order valence-electron chi connectivity index (χ2n) is 6.78. The van der Waals surface area contributed by atoms with E-state index in [0.717, 1.165) is 53.2 Å². The van der Waals surface area contributed by atoms with Gasteiger partial charge in [0.25, 0.3) is 5.91 Å². The van der Waals surface area contributed by atoms with Crippen LogP contribution in [-0.2, 0) is 0 Å². The van der Waals surface area contributed by atoms with Gasteiger partial charge in [-0.25, -0.2) is 9.97 Å². The number of fused-ring (bicyclic) bond motifs is 1. The summed E-state index contributed by atoms with van der Waals surface area (Å²) in [6.07, 6.45) is 2.58. The van der Waals surface area contributed by atoms with Crippen molar-refractivity contribution in [3.63, 3.8) is 0 Å². The summed E-state index contributed by atoms with van der Waals surface area (Å²) in [6.45, 7) is 7.30. The van der Waals surface area contributed by atoms with Crippen LogP contribution in [0.2, 0.25) is 0 Å². The summed E-state index contributed by atoms with van der Waals surface area (Å²) < 4.78 is 0. The molecule has 0 radical (unpaired) electrons. The van der Waals surface area contributed by atoms with E-state index in [0.29, 0.717) is 6.54 Å². The van der Waals surface area contributed by atoms with Crippen LogP contribution in [0, 0.1) is 13.8 Å². The molecule has 134 valence electrons. The molecule has 0 aliphatic carbocycles. The van der Waals surface area contributed by atoms with Crippen LogP contribution in [0.3, 0.4) is 0 Å². The maximum Gasteiger partial charge on any atom is 0.253 e. The maximum atomic E-state index is 12.8. The zero-order chi connectivity index (χ0) is 18.1. The number of aryl methyl sites for hydroxylation is 2. The highest BCUT2D eigenvalue weighted by atomic mass is 32.1. The first-order chi connectivity index (χ1) is 12.6. The molecule has 0 unspecified atom stereocenters. The third-order valence-electron chi connectivity index (χ3n) is 4.78. The molecule has 1 aromatic carbocycles. The molecular formula is C20H22N4OS. The van der Waals surface area contributed by atoms with Gasteiger partial charge in [-0.2, -0.15) is 0 Å². The maximum absolute atomic E-state index is 12.8. The topological polar surface area (TPSA) is 49.3 Å². The molecule has 1 saturated heterocycles. The fourth-order valence-electron chi connectivity index (χ4n) is 3.51. The third-order valence-corrected chi connectivity index (χ3v) is 5.74. The third kappa shape index (κ3) is 3.29.